The standard InChI is InChI=1S/C13H25N3O/c1-9-7-11(5-6-16(9)2)15-13(17)8-12(14)10-3-4-10/h9-12H,3-8,14H2,1-2H3,(H,15,17). The average Bonchev–Trinajstić information content (AvgIpc) is 3.06. The molecule has 3 unspecified atom stereocenters. The summed E-state index contributed by atoms with van der Waals surface area (Å²) in [6.45, 7) is 3.29. The Balaban J connectivity index is 1.70. The smallest absolute Gasteiger partial charge is 0.221 e. The summed E-state index contributed by atoms with van der Waals surface area (Å²) in [6.07, 6.45) is 5.04. The molecule has 0 bridgehead atoms. The molecule has 4 nitrogen and oxygen atoms in total. The highest BCUT2D eigenvalue weighted by molar-refractivity contribution is 5.77. The van der Waals surface area contributed by atoms with Crippen LogP contribution in [-0.4, -0.2) is 42.5 Å². The number of likely N-dealkylation sites (tertiary alicyclic amines) is 1. The van der Waals surface area contributed by atoms with Crippen LogP contribution in [-0.2, 0) is 4.79 Å². The lowest BCUT2D eigenvalue weighted by Crippen LogP contribution is -2.48. The molecule has 3 atom stereocenters. The molecule has 1 saturated heterocycles. The third kappa shape index (κ3) is 3.68. The topological polar surface area (TPSA) is 58.4 Å². The van der Waals surface area contributed by atoms with Gasteiger partial charge in [0.15, 0.2) is 0 Å². The van der Waals surface area contributed by atoms with Crippen molar-refractivity contribution in [3.63, 3.8) is 0 Å². The van der Waals surface area contributed by atoms with E-state index >= 15 is 0 Å². The van der Waals surface area contributed by atoms with Crippen LogP contribution in [0, 0.1) is 5.92 Å². The summed E-state index contributed by atoms with van der Waals surface area (Å²) in [5, 5.41) is 3.14. The van der Waals surface area contributed by atoms with Crippen LogP contribution < -0.4 is 11.1 Å². The van der Waals surface area contributed by atoms with Crippen molar-refractivity contribution in [3.05, 3.63) is 0 Å². The van der Waals surface area contributed by atoms with E-state index in [9.17, 15) is 4.79 Å². The fourth-order valence-electron chi connectivity index (χ4n) is 2.61. The Morgan fingerprint density at radius 2 is 2.18 bits per heavy atom. The Labute approximate surface area is 104 Å². The fraction of sp³-hybridized carbons (Fsp3) is 0.923. The normalized spacial score (nSPS) is 32.2. The predicted molar refractivity (Wildman–Crippen MR) is 68.6 cm³/mol. The van der Waals surface area contributed by atoms with E-state index in [4.69, 9.17) is 5.73 Å². The first-order chi connectivity index (χ1) is 8.06. The van der Waals surface area contributed by atoms with Crippen molar-refractivity contribution in [2.24, 2.45) is 11.7 Å². The molecular formula is C13H25N3O. The summed E-state index contributed by atoms with van der Waals surface area (Å²) in [7, 11) is 2.14. The van der Waals surface area contributed by atoms with Crippen molar-refractivity contribution in [3.8, 4) is 0 Å². The predicted octanol–water partition coefficient (Wildman–Crippen LogP) is 0.713. The van der Waals surface area contributed by atoms with Gasteiger partial charge in [-0.25, -0.2) is 0 Å². The van der Waals surface area contributed by atoms with Gasteiger partial charge in [0, 0.05) is 31.1 Å². The number of nitrogens with zero attached hydrogens (tertiary/aromatic N) is 1. The van der Waals surface area contributed by atoms with Crippen molar-refractivity contribution in [1.29, 1.82) is 0 Å². The van der Waals surface area contributed by atoms with Crippen molar-refractivity contribution < 1.29 is 4.79 Å². The maximum atomic E-state index is 11.8. The lowest BCUT2D eigenvalue weighted by atomic mass is 9.98. The monoisotopic (exact) mass is 239 g/mol. The van der Waals surface area contributed by atoms with Crippen LogP contribution in [0.5, 0.6) is 0 Å². The first-order valence-electron chi connectivity index (χ1n) is 6.81. The molecule has 0 aromatic heterocycles. The minimum atomic E-state index is 0.0821. The molecule has 0 spiro atoms. The zero-order valence-corrected chi connectivity index (χ0v) is 11.0. The molecule has 0 radical (unpaired) electrons. The molecule has 4 heteroatoms. The Hall–Kier alpha value is -0.610. The summed E-state index contributed by atoms with van der Waals surface area (Å²) in [6, 6.07) is 0.991. The Morgan fingerprint density at radius 1 is 1.47 bits per heavy atom. The van der Waals surface area contributed by atoms with E-state index in [2.05, 4.69) is 24.2 Å². The molecule has 98 valence electrons. The quantitative estimate of drug-likeness (QED) is 0.760. The van der Waals surface area contributed by atoms with Gasteiger partial charge in [-0.05, 0) is 45.6 Å². The van der Waals surface area contributed by atoms with Crippen LogP contribution >= 0.6 is 0 Å². The summed E-state index contributed by atoms with van der Waals surface area (Å²) in [4.78, 5) is 14.2. The molecular weight excluding hydrogens is 214 g/mol. The van der Waals surface area contributed by atoms with E-state index in [1.807, 2.05) is 0 Å². The van der Waals surface area contributed by atoms with Gasteiger partial charge < -0.3 is 16.0 Å². The molecule has 1 aliphatic heterocycles. The zero-order chi connectivity index (χ0) is 12.4. The van der Waals surface area contributed by atoms with E-state index in [1.165, 1.54) is 12.8 Å². The number of carbonyl (C=O) groups is 1. The molecule has 2 aliphatic rings. The number of amides is 1. The van der Waals surface area contributed by atoms with Gasteiger partial charge in [-0.15, -0.1) is 0 Å². The molecule has 0 aromatic rings. The number of piperidine rings is 1. The van der Waals surface area contributed by atoms with E-state index in [-0.39, 0.29) is 11.9 Å². The van der Waals surface area contributed by atoms with Crippen molar-refractivity contribution >= 4 is 5.91 Å². The molecule has 0 aromatic carbocycles. The number of nitrogens with two attached hydrogens (primary N) is 1. The van der Waals surface area contributed by atoms with E-state index < -0.39 is 0 Å². The Bertz CT molecular complexity index is 278. The van der Waals surface area contributed by atoms with Crippen molar-refractivity contribution in [2.75, 3.05) is 13.6 Å². The highest BCUT2D eigenvalue weighted by atomic mass is 16.1. The number of rotatable bonds is 4. The van der Waals surface area contributed by atoms with Crippen LogP contribution in [0.1, 0.15) is 39.0 Å². The third-order valence-corrected chi connectivity index (χ3v) is 4.22. The molecule has 3 N–H and O–H groups in total. The van der Waals surface area contributed by atoms with Gasteiger partial charge in [0.05, 0.1) is 0 Å². The van der Waals surface area contributed by atoms with Gasteiger partial charge in [-0.2, -0.15) is 0 Å². The number of nitrogens with one attached hydrogen (secondary N) is 1. The maximum Gasteiger partial charge on any atom is 0.221 e. The van der Waals surface area contributed by atoms with Crippen LogP contribution in [0.25, 0.3) is 0 Å². The lowest BCUT2D eigenvalue weighted by molar-refractivity contribution is -0.122. The second kappa shape index (κ2) is 5.36. The minimum Gasteiger partial charge on any atom is -0.353 e. The number of carbonyl (C=O) groups excluding carboxylic acids is 1. The van der Waals surface area contributed by atoms with Crippen LogP contribution in [0.15, 0.2) is 0 Å². The van der Waals surface area contributed by atoms with Gasteiger partial charge >= 0.3 is 0 Å². The summed E-state index contributed by atoms with van der Waals surface area (Å²) in [5.41, 5.74) is 5.97. The molecule has 1 heterocycles. The maximum absolute atomic E-state index is 11.8. The fourth-order valence-corrected chi connectivity index (χ4v) is 2.61. The number of hydrogen-bond acceptors (Lipinski definition) is 3. The molecule has 1 aliphatic carbocycles. The van der Waals surface area contributed by atoms with Crippen LogP contribution in [0.3, 0.4) is 0 Å². The zero-order valence-electron chi connectivity index (χ0n) is 11.0. The minimum absolute atomic E-state index is 0.0821. The largest absolute Gasteiger partial charge is 0.353 e. The summed E-state index contributed by atoms with van der Waals surface area (Å²) >= 11 is 0. The van der Waals surface area contributed by atoms with E-state index in [1.54, 1.807) is 0 Å². The lowest BCUT2D eigenvalue weighted by Gasteiger charge is -2.35. The average molecular weight is 239 g/mol. The Morgan fingerprint density at radius 3 is 2.76 bits per heavy atom. The van der Waals surface area contributed by atoms with E-state index in [0.29, 0.717) is 24.4 Å². The first kappa shape index (κ1) is 12.8. The first-order valence-corrected chi connectivity index (χ1v) is 6.81. The SMILES string of the molecule is CC1CC(NC(=O)CC(N)C2CC2)CCN1C. The molecule has 1 amide bonds. The van der Waals surface area contributed by atoms with Gasteiger partial charge in [0.2, 0.25) is 5.91 Å². The molecule has 17 heavy (non-hydrogen) atoms. The second-order valence-corrected chi connectivity index (χ2v) is 5.82. The highest BCUT2D eigenvalue weighted by Crippen LogP contribution is 2.32. The number of hydrogen-bond donors (Lipinski definition) is 2. The molecule has 1 saturated carbocycles. The van der Waals surface area contributed by atoms with E-state index in [0.717, 1.165) is 19.4 Å². The second-order valence-electron chi connectivity index (χ2n) is 5.82. The van der Waals surface area contributed by atoms with Gasteiger partial charge in [0.1, 0.15) is 0 Å². The molecule has 2 fully saturated rings. The van der Waals surface area contributed by atoms with Gasteiger partial charge in [0.25, 0.3) is 0 Å². The van der Waals surface area contributed by atoms with Crippen molar-refractivity contribution in [2.45, 2.75) is 57.2 Å². The van der Waals surface area contributed by atoms with Gasteiger partial charge in [-0.3, -0.25) is 4.79 Å². The third-order valence-electron chi connectivity index (χ3n) is 4.22. The van der Waals surface area contributed by atoms with Crippen molar-refractivity contribution in [1.82, 2.24) is 10.2 Å². The highest BCUT2D eigenvalue weighted by Gasteiger charge is 2.31. The molecule has 2 rings (SSSR count). The van der Waals surface area contributed by atoms with Gasteiger partial charge in [-0.1, -0.05) is 0 Å². The van der Waals surface area contributed by atoms with Crippen LogP contribution in [0.2, 0.25) is 0 Å². The summed E-state index contributed by atoms with van der Waals surface area (Å²) in [5.74, 6) is 0.753. The Kier molecular flexibility index (Phi) is 4.05. The summed E-state index contributed by atoms with van der Waals surface area (Å²) < 4.78 is 0. The van der Waals surface area contributed by atoms with Crippen LogP contribution in [0.4, 0.5) is 0 Å².